The molecule has 0 radical (unpaired) electrons. The number of nitrogens with one attached hydrogen (secondary N) is 1. The van der Waals surface area contributed by atoms with Crippen LogP contribution >= 0.6 is 0 Å². The van der Waals surface area contributed by atoms with E-state index in [1.54, 1.807) is 6.92 Å². The Labute approximate surface area is 101 Å². The molecule has 17 heavy (non-hydrogen) atoms. The van der Waals surface area contributed by atoms with E-state index in [2.05, 4.69) is 11.3 Å². The number of hydrogen-bond donors (Lipinski definition) is 2. The van der Waals surface area contributed by atoms with Gasteiger partial charge in [0.25, 0.3) is 10.2 Å². The van der Waals surface area contributed by atoms with Crippen LogP contribution in [0.15, 0.2) is 12.2 Å². The maximum Gasteiger partial charge on any atom is 0.307 e. The summed E-state index contributed by atoms with van der Waals surface area (Å²) in [5.74, 6) is -1.55. The number of carboxylic acid groups (broad SMARTS) is 1. The molecule has 0 aliphatic carbocycles. The molecule has 6 nitrogen and oxygen atoms in total. The van der Waals surface area contributed by atoms with Gasteiger partial charge in [0.2, 0.25) is 0 Å². The first-order valence-electron chi connectivity index (χ1n) is 5.45. The van der Waals surface area contributed by atoms with Crippen LogP contribution in [-0.4, -0.2) is 43.4 Å². The summed E-state index contributed by atoms with van der Waals surface area (Å²) in [4.78, 5) is 10.8. The van der Waals surface area contributed by atoms with Gasteiger partial charge >= 0.3 is 5.97 Å². The Hall–Kier alpha value is -0.920. The zero-order valence-electron chi connectivity index (χ0n) is 9.85. The minimum atomic E-state index is -3.59. The molecule has 1 aliphatic rings. The van der Waals surface area contributed by atoms with Crippen molar-refractivity contribution in [2.75, 3.05) is 19.6 Å². The highest BCUT2D eigenvalue weighted by Crippen LogP contribution is 2.18. The molecule has 0 aromatic rings. The molecule has 0 aromatic heterocycles. The molecule has 1 heterocycles. The summed E-state index contributed by atoms with van der Waals surface area (Å²) in [6.07, 6.45) is 1.10. The van der Waals surface area contributed by atoms with Crippen molar-refractivity contribution in [2.45, 2.75) is 19.8 Å². The summed E-state index contributed by atoms with van der Waals surface area (Å²) in [6.45, 7) is 5.92. The summed E-state index contributed by atoms with van der Waals surface area (Å²) < 4.78 is 27.3. The monoisotopic (exact) mass is 262 g/mol. The molecular weight excluding hydrogens is 244 g/mol. The van der Waals surface area contributed by atoms with Crippen molar-refractivity contribution < 1.29 is 18.3 Å². The van der Waals surface area contributed by atoms with Crippen LogP contribution in [0.4, 0.5) is 0 Å². The van der Waals surface area contributed by atoms with E-state index in [0.717, 1.165) is 0 Å². The van der Waals surface area contributed by atoms with Gasteiger partial charge in [0.05, 0.1) is 5.92 Å². The van der Waals surface area contributed by atoms with Gasteiger partial charge in [-0.1, -0.05) is 12.2 Å². The molecular formula is C10H18N2O4S. The number of nitrogens with zero attached hydrogens (tertiary/aromatic N) is 1. The molecule has 0 bridgehead atoms. The molecule has 7 heteroatoms. The largest absolute Gasteiger partial charge is 0.481 e. The highest BCUT2D eigenvalue weighted by molar-refractivity contribution is 7.87. The first kappa shape index (κ1) is 14.1. The summed E-state index contributed by atoms with van der Waals surface area (Å²) in [7, 11) is -3.59. The van der Waals surface area contributed by atoms with Gasteiger partial charge in [-0.25, -0.2) is 0 Å². The van der Waals surface area contributed by atoms with E-state index in [9.17, 15) is 13.2 Å². The number of aliphatic carboxylic acids is 1. The van der Waals surface area contributed by atoms with Crippen LogP contribution < -0.4 is 4.72 Å². The Kier molecular flexibility index (Phi) is 4.67. The third-order valence-corrected chi connectivity index (χ3v) is 4.15. The zero-order valence-corrected chi connectivity index (χ0v) is 10.7. The van der Waals surface area contributed by atoms with Crippen LogP contribution in [-0.2, 0) is 15.0 Å². The average molecular weight is 262 g/mol. The van der Waals surface area contributed by atoms with E-state index < -0.39 is 22.1 Å². The molecule has 1 fully saturated rings. The predicted molar refractivity (Wildman–Crippen MR) is 63.7 cm³/mol. The molecule has 1 aliphatic heterocycles. The molecule has 1 rings (SSSR count). The highest BCUT2D eigenvalue weighted by Gasteiger charge is 2.31. The lowest BCUT2D eigenvalue weighted by atomic mass is 10.0. The number of hydrogen-bond acceptors (Lipinski definition) is 3. The maximum absolute atomic E-state index is 11.8. The first-order chi connectivity index (χ1) is 7.83. The van der Waals surface area contributed by atoms with E-state index in [1.165, 1.54) is 4.31 Å². The molecule has 0 amide bonds. The Morgan fingerprint density at radius 2 is 2.24 bits per heavy atom. The molecule has 2 N–H and O–H groups in total. The number of carboxylic acids is 1. The summed E-state index contributed by atoms with van der Waals surface area (Å²) in [5, 5.41) is 8.88. The van der Waals surface area contributed by atoms with Gasteiger partial charge in [0.15, 0.2) is 0 Å². The quantitative estimate of drug-likeness (QED) is 0.693. The Morgan fingerprint density at radius 3 is 2.76 bits per heavy atom. The van der Waals surface area contributed by atoms with Crippen molar-refractivity contribution in [1.82, 2.24) is 9.03 Å². The fraction of sp³-hybridized carbons (Fsp3) is 0.700. The first-order valence-corrected chi connectivity index (χ1v) is 6.89. The van der Waals surface area contributed by atoms with E-state index in [4.69, 9.17) is 5.11 Å². The van der Waals surface area contributed by atoms with Crippen LogP contribution in [0.5, 0.6) is 0 Å². The lowest BCUT2D eigenvalue weighted by Crippen LogP contribution is -2.47. The molecule has 1 atom stereocenters. The molecule has 1 saturated heterocycles. The van der Waals surface area contributed by atoms with Crippen molar-refractivity contribution in [3.63, 3.8) is 0 Å². The third-order valence-electron chi connectivity index (χ3n) is 2.63. The van der Waals surface area contributed by atoms with Gasteiger partial charge in [0.1, 0.15) is 0 Å². The number of rotatable bonds is 5. The minimum absolute atomic E-state index is 0.0425. The van der Waals surface area contributed by atoms with Crippen LogP contribution in [0, 0.1) is 5.92 Å². The maximum atomic E-state index is 11.8. The lowest BCUT2D eigenvalue weighted by molar-refractivity contribution is -0.142. The minimum Gasteiger partial charge on any atom is -0.481 e. The van der Waals surface area contributed by atoms with Crippen LogP contribution in [0.3, 0.4) is 0 Å². The van der Waals surface area contributed by atoms with Gasteiger partial charge in [-0.15, -0.1) is 0 Å². The van der Waals surface area contributed by atoms with Crippen LogP contribution in [0.1, 0.15) is 19.8 Å². The Balaban J connectivity index is 2.65. The summed E-state index contributed by atoms with van der Waals surface area (Å²) in [5.41, 5.74) is 0.709. The average Bonchev–Trinajstić information content (AvgIpc) is 2.27. The van der Waals surface area contributed by atoms with Gasteiger partial charge in [-0.2, -0.15) is 17.4 Å². The van der Waals surface area contributed by atoms with Crippen molar-refractivity contribution >= 4 is 16.2 Å². The standard InChI is InChI=1S/C10H18N2O4S/c1-8(2)6-11-17(15,16)12-5-3-4-9(7-12)10(13)14/h9,11H,1,3-7H2,2H3,(H,13,14). The highest BCUT2D eigenvalue weighted by atomic mass is 32.2. The molecule has 1 unspecified atom stereocenters. The summed E-state index contributed by atoms with van der Waals surface area (Å²) in [6, 6.07) is 0. The van der Waals surface area contributed by atoms with E-state index >= 15 is 0 Å². The van der Waals surface area contributed by atoms with Crippen molar-refractivity contribution in [3.05, 3.63) is 12.2 Å². The smallest absolute Gasteiger partial charge is 0.307 e. The van der Waals surface area contributed by atoms with E-state index in [1.807, 2.05) is 0 Å². The zero-order chi connectivity index (χ0) is 13.1. The summed E-state index contributed by atoms with van der Waals surface area (Å²) >= 11 is 0. The SMILES string of the molecule is C=C(C)CNS(=O)(=O)N1CCCC(C(=O)O)C1. The predicted octanol–water partition coefficient (Wildman–Crippen LogP) is 0.193. The van der Waals surface area contributed by atoms with Gasteiger partial charge < -0.3 is 5.11 Å². The van der Waals surface area contributed by atoms with Crippen molar-refractivity contribution in [2.24, 2.45) is 5.92 Å². The van der Waals surface area contributed by atoms with E-state index in [-0.39, 0.29) is 13.1 Å². The second-order valence-corrected chi connectivity index (χ2v) is 6.07. The molecule has 98 valence electrons. The van der Waals surface area contributed by atoms with Crippen LogP contribution in [0.2, 0.25) is 0 Å². The molecule has 0 saturated carbocycles. The van der Waals surface area contributed by atoms with Gasteiger partial charge in [-0.3, -0.25) is 4.79 Å². The lowest BCUT2D eigenvalue weighted by Gasteiger charge is -2.29. The van der Waals surface area contributed by atoms with Crippen molar-refractivity contribution in [3.8, 4) is 0 Å². The number of piperidine rings is 1. The Bertz CT molecular complexity index is 405. The second-order valence-electron chi connectivity index (χ2n) is 4.32. The topological polar surface area (TPSA) is 86.7 Å². The normalized spacial score (nSPS) is 22.3. The Morgan fingerprint density at radius 1 is 1.59 bits per heavy atom. The van der Waals surface area contributed by atoms with Gasteiger partial charge in [-0.05, 0) is 19.8 Å². The molecule has 0 spiro atoms. The van der Waals surface area contributed by atoms with E-state index in [0.29, 0.717) is 25.0 Å². The third kappa shape index (κ3) is 4.10. The fourth-order valence-corrected chi connectivity index (χ4v) is 3.03. The molecule has 0 aromatic carbocycles. The number of carbonyl (C=O) groups is 1. The van der Waals surface area contributed by atoms with Crippen LogP contribution in [0.25, 0.3) is 0 Å². The fourth-order valence-electron chi connectivity index (χ4n) is 1.67. The van der Waals surface area contributed by atoms with Gasteiger partial charge in [0, 0.05) is 19.6 Å². The second kappa shape index (κ2) is 5.61. The van der Waals surface area contributed by atoms with Crippen molar-refractivity contribution in [1.29, 1.82) is 0 Å².